The number of aliphatic carboxylic acids is 1. The van der Waals surface area contributed by atoms with Crippen LogP contribution in [0.2, 0.25) is 0 Å². The topological polar surface area (TPSA) is 91.3 Å². The number of amides is 2. The van der Waals surface area contributed by atoms with Gasteiger partial charge < -0.3 is 10.4 Å². The second-order valence-corrected chi connectivity index (χ2v) is 6.74. The van der Waals surface area contributed by atoms with Crippen molar-refractivity contribution < 1.29 is 14.7 Å². The number of hydrogen-bond donors (Lipinski definition) is 3. The first-order chi connectivity index (χ1) is 10.1. The predicted octanol–water partition coefficient (Wildman–Crippen LogP) is 2.64. The number of carbonyl (C=O) groups is 2. The van der Waals surface area contributed by atoms with Gasteiger partial charge in [-0.2, -0.15) is 0 Å². The lowest BCUT2D eigenvalue weighted by Crippen LogP contribution is -2.30. The Hall–Kier alpha value is -1.63. The lowest BCUT2D eigenvalue weighted by atomic mass is 9.87. The summed E-state index contributed by atoms with van der Waals surface area (Å²) < 4.78 is 0. The van der Waals surface area contributed by atoms with Gasteiger partial charge in [-0.15, -0.1) is 11.3 Å². The molecule has 1 heterocycles. The Bertz CT molecular complexity index is 545. The van der Waals surface area contributed by atoms with Gasteiger partial charge in [0.2, 0.25) is 0 Å². The third-order valence-corrected chi connectivity index (χ3v) is 5.26. The minimum atomic E-state index is -0.928. The minimum Gasteiger partial charge on any atom is -0.481 e. The first-order valence-electron chi connectivity index (χ1n) is 7.34. The molecule has 0 radical (unpaired) electrons. The van der Waals surface area contributed by atoms with Crippen LogP contribution < -0.4 is 10.6 Å². The van der Waals surface area contributed by atoms with E-state index in [-0.39, 0.29) is 13.0 Å². The molecule has 3 rings (SSSR count). The van der Waals surface area contributed by atoms with Gasteiger partial charge in [0, 0.05) is 17.8 Å². The van der Waals surface area contributed by atoms with Crippen molar-refractivity contribution in [2.24, 2.45) is 11.8 Å². The highest BCUT2D eigenvalue weighted by Crippen LogP contribution is 2.52. The van der Waals surface area contributed by atoms with Crippen molar-refractivity contribution in [1.82, 2.24) is 10.3 Å². The number of carboxylic acids is 1. The van der Waals surface area contributed by atoms with Gasteiger partial charge in [-0.05, 0) is 31.1 Å². The molecule has 114 valence electrons. The Labute approximate surface area is 127 Å². The van der Waals surface area contributed by atoms with Crippen molar-refractivity contribution in [3.05, 3.63) is 11.1 Å². The number of aromatic nitrogens is 1. The standard InChI is InChI=1S/C14H19N3O3S/c18-12(19)3-4-15-13(20)17-14-16-11(7-21-14)10-6-8-1-2-9(10)5-8/h7-10H,1-6H2,(H,18,19)(H2,15,16,17,20). The molecule has 1 aromatic rings. The summed E-state index contributed by atoms with van der Waals surface area (Å²) in [5.41, 5.74) is 1.10. The van der Waals surface area contributed by atoms with Crippen LogP contribution in [0.4, 0.5) is 9.93 Å². The monoisotopic (exact) mass is 309 g/mol. The van der Waals surface area contributed by atoms with E-state index in [2.05, 4.69) is 15.6 Å². The average molecular weight is 309 g/mol. The Morgan fingerprint density at radius 2 is 2.24 bits per heavy atom. The molecular weight excluding hydrogens is 290 g/mol. The summed E-state index contributed by atoms with van der Waals surface area (Å²) in [6.07, 6.45) is 5.16. The predicted molar refractivity (Wildman–Crippen MR) is 79.6 cm³/mol. The van der Waals surface area contributed by atoms with Gasteiger partial charge in [-0.25, -0.2) is 9.78 Å². The zero-order valence-corrected chi connectivity index (χ0v) is 12.5. The highest BCUT2D eigenvalue weighted by Gasteiger charge is 2.41. The molecule has 0 saturated heterocycles. The molecule has 1 aromatic heterocycles. The molecule has 2 bridgehead atoms. The number of carbonyl (C=O) groups excluding carboxylic acids is 1. The van der Waals surface area contributed by atoms with Crippen LogP contribution in [0.15, 0.2) is 5.38 Å². The van der Waals surface area contributed by atoms with E-state index < -0.39 is 12.0 Å². The van der Waals surface area contributed by atoms with Crippen LogP contribution in [-0.2, 0) is 4.79 Å². The lowest BCUT2D eigenvalue weighted by molar-refractivity contribution is -0.136. The van der Waals surface area contributed by atoms with Crippen LogP contribution in [0.25, 0.3) is 0 Å². The number of urea groups is 1. The Morgan fingerprint density at radius 1 is 1.38 bits per heavy atom. The zero-order chi connectivity index (χ0) is 14.8. The number of fused-ring (bicyclic) bond motifs is 2. The van der Waals surface area contributed by atoms with Crippen LogP contribution in [-0.4, -0.2) is 28.6 Å². The Morgan fingerprint density at radius 3 is 2.90 bits per heavy atom. The van der Waals surface area contributed by atoms with Gasteiger partial charge in [0.1, 0.15) is 0 Å². The van der Waals surface area contributed by atoms with Crippen molar-refractivity contribution in [3.63, 3.8) is 0 Å². The summed E-state index contributed by atoms with van der Waals surface area (Å²) in [7, 11) is 0. The summed E-state index contributed by atoms with van der Waals surface area (Å²) in [5.74, 6) is 1.28. The van der Waals surface area contributed by atoms with E-state index in [0.717, 1.165) is 17.5 Å². The fraction of sp³-hybridized carbons (Fsp3) is 0.643. The normalized spacial score (nSPS) is 26.8. The van der Waals surface area contributed by atoms with Gasteiger partial charge >= 0.3 is 12.0 Å². The van der Waals surface area contributed by atoms with Crippen molar-refractivity contribution >= 4 is 28.5 Å². The molecule has 3 atom stereocenters. The third kappa shape index (κ3) is 3.34. The highest BCUT2D eigenvalue weighted by atomic mass is 32.1. The minimum absolute atomic E-state index is 0.0817. The van der Waals surface area contributed by atoms with E-state index in [1.54, 1.807) is 0 Å². The molecule has 0 aromatic carbocycles. The number of thiazole rings is 1. The molecule has 21 heavy (non-hydrogen) atoms. The van der Waals surface area contributed by atoms with Crippen LogP contribution in [0, 0.1) is 11.8 Å². The summed E-state index contributed by atoms with van der Waals surface area (Å²) in [4.78, 5) is 26.5. The van der Waals surface area contributed by atoms with Crippen LogP contribution in [0.3, 0.4) is 0 Å². The van der Waals surface area contributed by atoms with Crippen molar-refractivity contribution in [3.8, 4) is 0 Å². The fourth-order valence-electron chi connectivity index (χ4n) is 3.55. The quantitative estimate of drug-likeness (QED) is 0.779. The van der Waals surface area contributed by atoms with Crippen molar-refractivity contribution in [1.29, 1.82) is 0 Å². The number of carboxylic acid groups (broad SMARTS) is 1. The van der Waals surface area contributed by atoms with Gasteiger partial charge in [0.25, 0.3) is 0 Å². The molecule has 0 spiro atoms. The SMILES string of the molecule is O=C(O)CCNC(=O)Nc1nc(C2CC3CCC2C3)cs1. The number of nitrogens with zero attached hydrogens (tertiary/aromatic N) is 1. The number of rotatable bonds is 5. The van der Waals surface area contributed by atoms with Crippen molar-refractivity contribution in [2.75, 3.05) is 11.9 Å². The van der Waals surface area contributed by atoms with E-state index in [1.807, 2.05) is 5.38 Å². The molecule has 7 heteroatoms. The molecule has 2 saturated carbocycles. The average Bonchev–Trinajstić information content (AvgIpc) is 3.13. The Balaban J connectivity index is 1.51. The lowest BCUT2D eigenvalue weighted by Gasteiger charge is -2.19. The number of hydrogen-bond acceptors (Lipinski definition) is 4. The maximum atomic E-state index is 11.6. The molecule has 2 fully saturated rings. The summed E-state index contributed by atoms with van der Waals surface area (Å²) in [6, 6.07) is -0.398. The van der Waals surface area contributed by atoms with E-state index in [0.29, 0.717) is 11.0 Å². The molecular formula is C14H19N3O3S. The van der Waals surface area contributed by atoms with Gasteiger partial charge in [-0.1, -0.05) is 6.42 Å². The molecule has 3 unspecified atom stereocenters. The van der Waals surface area contributed by atoms with E-state index in [9.17, 15) is 9.59 Å². The highest BCUT2D eigenvalue weighted by molar-refractivity contribution is 7.13. The molecule has 6 nitrogen and oxygen atoms in total. The smallest absolute Gasteiger partial charge is 0.321 e. The molecule has 2 amide bonds. The molecule has 3 N–H and O–H groups in total. The maximum Gasteiger partial charge on any atom is 0.321 e. The summed E-state index contributed by atoms with van der Waals surface area (Å²) in [6.45, 7) is 0.117. The van der Waals surface area contributed by atoms with Crippen LogP contribution in [0.1, 0.15) is 43.7 Å². The van der Waals surface area contributed by atoms with Crippen molar-refractivity contribution in [2.45, 2.75) is 38.0 Å². The maximum absolute atomic E-state index is 11.6. The van der Waals surface area contributed by atoms with E-state index in [4.69, 9.17) is 5.11 Å². The van der Waals surface area contributed by atoms with E-state index in [1.165, 1.54) is 37.0 Å². The summed E-state index contributed by atoms with van der Waals surface area (Å²) >= 11 is 1.43. The van der Waals surface area contributed by atoms with E-state index >= 15 is 0 Å². The molecule has 2 aliphatic carbocycles. The molecule has 2 aliphatic rings. The van der Waals surface area contributed by atoms with Gasteiger partial charge in [0.05, 0.1) is 12.1 Å². The van der Waals surface area contributed by atoms with Gasteiger partial charge in [0.15, 0.2) is 5.13 Å². The largest absolute Gasteiger partial charge is 0.481 e. The van der Waals surface area contributed by atoms with Gasteiger partial charge in [-0.3, -0.25) is 10.1 Å². The first-order valence-corrected chi connectivity index (χ1v) is 8.22. The summed E-state index contributed by atoms with van der Waals surface area (Å²) in [5, 5.41) is 16.3. The number of nitrogens with one attached hydrogen (secondary N) is 2. The number of anilines is 1. The Kier molecular flexibility index (Phi) is 4.10. The fourth-order valence-corrected chi connectivity index (χ4v) is 4.31. The van der Waals surface area contributed by atoms with Crippen LogP contribution >= 0.6 is 11.3 Å². The third-order valence-electron chi connectivity index (χ3n) is 4.48. The molecule has 0 aliphatic heterocycles. The van der Waals surface area contributed by atoms with Crippen LogP contribution in [0.5, 0.6) is 0 Å². The zero-order valence-electron chi connectivity index (χ0n) is 11.7. The second-order valence-electron chi connectivity index (χ2n) is 5.88. The second kappa shape index (κ2) is 6.01. The first kappa shape index (κ1) is 14.3.